The molecule has 0 heterocycles. The van der Waals surface area contributed by atoms with Crippen LogP contribution in [0.3, 0.4) is 0 Å². The molecular weight excluding hydrogens is 361 g/mol. The van der Waals surface area contributed by atoms with Crippen molar-refractivity contribution in [3.8, 4) is 0 Å². The van der Waals surface area contributed by atoms with E-state index in [2.05, 4.69) is 5.32 Å². The predicted molar refractivity (Wildman–Crippen MR) is 79.2 cm³/mol. The fourth-order valence-corrected chi connectivity index (χ4v) is 1.90. The van der Waals surface area contributed by atoms with Gasteiger partial charge in [-0.3, -0.25) is 0 Å². The Hall–Kier alpha value is -1.31. The first-order valence-corrected chi connectivity index (χ1v) is 6.75. The van der Waals surface area contributed by atoms with Crippen LogP contribution in [-0.2, 0) is 11.3 Å². The largest absolute Gasteiger partial charge is 0.478 e. The minimum Gasteiger partial charge on any atom is -0.478 e. The molecule has 0 fully saturated rings. The predicted octanol–water partition coefficient (Wildman–Crippen LogP) is 3.01. The van der Waals surface area contributed by atoms with Gasteiger partial charge in [0.2, 0.25) is 0 Å². The third kappa shape index (κ3) is 5.46. The number of benzene rings is 1. The number of ether oxygens (including phenoxy) is 1. The van der Waals surface area contributed by atoms with Crippen molar-refractivity contribution in [2.45, 2.75) is 32.9 Å². The van der Waals surface area contributed by atoms with E-state index in [1.165, 1.54) is 0 Å². The third-order valence-electron chi connectivity index (χ3n) is 2.10. The highest BCUT2D eigenvalue weighted by atomic mass is 127. The van der Waals surface area contributed by atoms with E-state index < -0.39 is 17.7 Å². The summed E-state index contributed by atoms with van der Waals surface area (Å²) in [5, 5.41) is 11.6. The first-order chi connectivity index (χ1) is 8.69. The number of carboxylic acid groups (broad SMARTS) is 1. The topological polar surface area (TPSA) is 75.6 Å². The maximum atomic E-state index is 11.5. The molecule has 1 aromatic rings. The molecule has 0 unspecified atom stereocenters. The minimum atomic E-state index is -0.983. The van der Waals surface area contributed by atoms with Gasteiger partial charge in [0.05, 0.1) is 5.56 Å². The van der Waals surface area contributed by atoms with Crippen LogP contribution in [0.2, 0.25) is 0 Å². The van der Waals surface area contributed by atoms with Crippen molar-refractivity contribution < 1.29 is 19.4 Å². The monoisotopic (exact) mass is 377 g/mol. The van der Waals surface area contributed by atoms with Gasteiger partial charge in [-0.2, -0.15) is 0 Å². The van der Waals surface area contributed by atoms with Crippen molar-refractivity contribution in [2.75, 3.05) is 0 Å². The number of alkyl carbamates (subject to hydrolysis) is 1. The number of amides is 1. The zero-order chi connectivity index (χ0) is 14.6. The van der Waals surface area contributed by atoms with E-state index in [1.807, 2.05) is 22.6 Å². The van der Waals surface area contributed by atoms with E-state index in [9.17, 15) is 9.59 Å². The van der Waals surface area contributed by atoms with Gasteiger partial charge in [0.15, 0.2) is 0 Å². The standard InChI is InChI=1S/C13H16INO4/c1-13(2,3)19-12(18)15-7-8-4-5-10(14)9(6-8)11(16)17/h4-6H,7H2,1-3H3,(H,15,18)(H,16,17). The van der Waals surface area contributed by atoms with Crippen LogP contribution < -0.4 is 5.32 Å². The van der Waals surface area contributed by atoms with Gasteiger partial charge >= 0.3 is 12.1 Å². The lowest BCUT2D eigenvalue weighted by atomic mass is 10.1. The number of hydrogen-bond donors (Lipinski definition) is 2. The van der Waals surface area contributed by atoms with E-state index in [1.54, 1.807) is 39.0 Å². The second kappa shape index (κ2) is 6.23. The molecule has 19 heavy (non-hydrogen) atoms. The Kier molecular flexibility index (Phi) is 5.16. The van der Waals surface area contributed by atoms with Gasteiger partial charge in [-0.15, -0.1) is 0 Å². The van der Waals surface area contributed by atoms with Gasteiger partial charge in [-0.1, -0.05) is 6.07 Å². The summed E-state index contributed by atoms with van der Waals surface area (Å²) in [4.78, 5) is 22.4. The van der Waals surface area contributed by atoms with Gasteiger partial charge < -0.3 is 15.2 Å². The van der Waals surface area contributed by atoms with E-state index in [0.717, 1.165) is 0 Å². The maximum Gasteiger partial charge on any atom is 0.407 e. The Morgan fingerprint density at radius 3 is 2.53 bits per heavy atom. The molecule has 0 saturated carbocycles. The SMILES string of the molecule is CC(C)(C)OC(=O)NCc1ccc(I)c(C(=O)O)c1. The van der Waals surface area contributed by atoms with Crippen LogP contribution in [-0.4, -0.2) is 22.8 Å². The third-order valence-corrected chi connectivity index (χ3v) is 3.04. The highest BCUT2D eigenvalue weighted by Crippen LogP contribution is 2.15. The molecule has 5 nitrogen and oxygen atoms in total. The number of hydrogen-bond acceptors (Lipinski definition) is 3. The smallest absolute Gasteiger partial charge is 0.407 e. The summed E-state index contributed by atoms with van der Waals surface area (Å²) < 4.78 is 5.75. The molecule has 1 rings (SSSR count). The van der Waals surface area contributed by atoms with Crippen LogP contribution >= 0.6 is 22.6 Å². The summed E-state index contributed by atoms with van der Waals surface area (Å²) in [5.41, 5.74) is 0.385. The average molecular weight is 377 g/mol. The number of carboxylic acids is 1. The Bertz CT molecular complexity index is 494. The number of halogens is 1. The number of nitrogens with one attached hydrogen (secondary N) is 1. The van der Waals surface area contributed by atoms with E-state index >= 15 is 0 Å². The minimum absolute atomic E-state index is 0.226. The van der Waals surface area contributed by atoms with Crippen molar-refractivity contribution in [2.24, 2.45) is 0 Å². The van der Waals surface area contributed by atoms with Crippen molar-refractivity contribution in [3.63, 3.8) is 0 Å². The average Bonchev–Trinajstić information content (AvgIpc) is 2.25. The summed E-state index contributed by atoms with van der Waals surface area (Å²) in [5.74, 6) is -0.983. The Labute approximate surface area is 125 Å². The Morgan fingerprint density at radius 2 is 2.00 bits per heavy atom. The van der Waals surface area contributed by atoms with Crippen LogP contribution in [0.5, 0.6) is 0 Å². The Morgan fingerprint density at radius 1 is 1.37 bits per heavy atom. The molecule has 1 amide bonds. The lowest BCUT2D eigenvalue weighted by molar-refractivity contribution is 0.0523. The summed E-state index contributed by atoms with van der Waals surface area (Å²) in [6, 6.07) is 5.02. The van der Waals surface area contributed by atoms with Crippen LogP contribution in [0, 0.1) is 3.57 Å². The van der Waals surface area contributed by atoms with Crippen molar-refractivity contribution in [1.29, 1.82) is 0 Å². The summed E-state index contributed by atoms with van der Waals surface area (Å²) >= 11 is 1.96. The molecule has 6 heteroatoms. The second-order valence-electron chi connectivity index (χ2n) is 4.97. The molecular formula is C13H16INO4. The van der Waals surface area contributed by atoms with Crippen molar-refractivity contribution in [1.82, 2.24) is 5.32 Å². The molecule has 0 radical (unpaired) electrons. The lowest BCUT2D eigenvalue weighted by Gasteiger charge is -2.19. The maximum absolute atomic E-state index is 11.5. The quantitative estimate of drug-likeness (QED) is 0.795. The molecule has 0 atom stereocenters. The van der Waals surface area contributed by atoms with Gasteiger partial charge in [-0.25, -0.2) is 9.59 Å². The number of carbonyl (C=O) groups excluding carboxylic acids is 1. The van der Waals surface area contributed by atoms with Crippen LogP contribution in [0.25, 0.3) is 0 Å². The molecule has 2 N–H and O–H groups in total. The van der Waals surface area contributed by atoms with Gasteiger partial charge in [0.25, 0.3) is 0 Å². The number of rotatable bonds is 3. The fourth-order valence-electron chi connectivity index (χ4n) is 1.33. The number of aromatic carboxylic acids is 1. The molecule has 0 aromatic heterocycles. The van der Waals surface area contributed by atoms with E-state index in [0.29, 0.717) is 9.13 Å². The van der Waals surface area contributed by atoms with E-state index in [-0.39, 0.29) is 12.1 Å². The normalized spacial score (nSPS) is 10.9. The first-order valence-electron chi connectivity index (χ1n) is 5.67. The summed E-state index contributed by atoms with van der Waals surface area (Å²) in [7, 11) is 0. The molecule has 0 aliphatic heterocycles. The molecule has 1 aromatic carbocycles. The van der Waals surface area contributed by atoms with Crippen molar-refractivity contribution >= 4 is 34.7 Å². The molecule has 0 saturated heterocycles. The molecule has 0 aliphatic carbocycles. The van der Waals surface area contributed by atoms with Gasteiger partial charge in [0.1, 0.15) is 5.60 Å². The zero-order valence-corrected chi connectivity index (χ0v) is 13.1. The molecule has 0 bridgehead atoms. The summed E-state index contributed by atoms with van der Waals surface area (Å²) in [6.45, 7) is 5.56. The highest BCUT2D eigenvalue weighted by Gasteiger charge is 2.16. The summed E-state index contributed by atoms with van der Waals surface area (Å²) in [6.07, 6.45) is -0.525. The Balaban J connectivity index is 2.66. The second-order valence-corrected chi connectivity index (χ2v) is 6.14. The zero-order valence-electron chi connectivity index (χ0n) is 11.0. The molecule has 104 valence electrons. The van der Waals surface area contributed by atoms with Crippen molar-refractivity contribution in [3.05, 3.63) is 32.9 Å². The lowest BCUT2D eigenvalue weighted by Crippen LogP contribution is -2.32. The van der Waals surface area contributed by atoms with Crippen LogP contribution in [0.15, 0.2) is 18.2 Å². The molecule has 0 spiro atoms. The van der Waals surface area contributed by atoms with Crippen LogP contribution in [0.4, 0.5) is 4.79 Å². The van der Waals surface area contributed by atoms with E-state index in [4.69, 9.17) is 9.84 Å². The van der Waals surface area contributed by atoms with Gasteiger partial charge in [-0.05, 0) is 61.1 Å². The van der Waals surface area contributed by atoms with Gasteiger partial charge in [0, 0.05) is 10.1 Å². The fraction of sp³-hybridized carbons (Fsp3) is 0.385. The first kappa shape index (κ1) is 15.7. The highest BCUT2D eigenvalue weighted by molar-refractivity contribution is 14.1. The van der Waals surface area contributed by atoms with Crippen LogP contribution in [0.1, 0.15) is 36.7 Å². The number of carbonyl (C=O) groups is 2. The molecule has 0 aliphatic rings.